The summed E-state index contributed by atoms with van der Waals surface area (Å²) in [7, 11) is 0. The van der Waals surface area contributed by atoms with Crippen molar-refractivity contribution in [2.45, 2.75) is 51.4 Å². The van der Waals surface area contributed by atoms with E-state index in [9.17, 15) is 0 Å². The van der Waals surface area contributed by atoms with Gasteiger partial charge in [-0.25, -0.2) is 0 Å². The van der Waals surface area contributed by atoms with E-state index < -0.39 is 0 Å². The monoisotopic (exact) mass is 320 g/mol. The van der Waals surface area contributed by atoms with Crippen molar-refractivity contribution in [2.75, 3.05) is 39.5 Å². The van der Waals surface area contributed by atoms with Crippen molar-refractivity contribution in [3.8, 4) is 0 Å². The Morgan fingerprint density at radius 2 is 1.96 bits per heavy atom. The van der Waals surface area contributed by atoms with E-state index in [1.165, 1.54) is 18.4 Å². The molecule has 0 bridgehead atoms. The molecular formula is C18H28N2O3. The van der Waals surface area contributed by atoms with Gasteiger partial charge in [-0.05, 0) is 38.3 Å². The lowest BCUT2D eigenvalue weighted by Gasteiger charge is -2.37. The van der Waals surface area contributed by atoms with Gasteiger partial charge in [0.25, 0.3) is 0 Å². The maximum atomic E-state index is 6.21. The zero-order valence-corrected chi connectivity index (χ0v) is 14.3. The Kier molecular flexibility index (Phi) is 4.46. The molecule has 3 saturated heterocycles. The van der Waals surface area contributed by atoms with Crippen LogP contribution in [0, 0.1) is 13.8 Å². The van der Waals surface area contributed by atoms with E-state index in [-0.39, 0.29) is 0 Å². The minimum Gasteiger partial charge on any atom is -0.465 e. The van der Waals surface area contributed by atoms with Gasteiger partial charge >= 0.3 is 0 Å². The van der Waals surface area contributed by atoms with Crippen molar-refractivity contribution >= 4 is 0 Å². The number of hydrogen-bond donors (Lipinski definition) is 0. The third-order valence-electron chi connectivity index (χ3n) is 5.69. The topological polar surface area (TPSA) is 38.1 Å². The molecule has 3 fully saturated rings. The maximum Gasteiger partial charge on any atom is 0.118 e. The second kappa shape index (κ2) is 6.55. The van der Waals surface area contributed by atoms with Crippen molar-refractivity contribution < 1.29 is 13.9 Å². The Hall–Kier alpha value is -0.880. The highest BCUT2D eigenvalue weighted by Gasteiger charge is 2.46. The standard InChI is InChI=1S/C18H28N2O3/c1-13-10-15(23-14(13)2)11-20-12-17(19-5-8-21-9-6-19)18-16(20)4-3-7-22-18/h10,16-18H,3-9,11-12H2,1-2H3/t16-,17-,18+/m0/s1. The Morgan fingerprint density at radius 1 is 1.13 bits per heavy atom. The van der Waals surface area contributed by atoms with Crippen LogP contribution in [0.25, 0.3) is 0 Å². The minimum atomic E-state index is 0.346. The van der Waals surface area contributed by atoms with Crippen LogP contribution in [-0.2, 0) is 16.0 Å². The number of nitrogens with zero attached hydrogens (tertiary/aromatic N) is 2. The van der Waals surface area contributed by atoms with E-state index in [1.807, 2.05) is 6.92 Å². The number of likely N-dealkylation sites (tertiary alicyclic amines) is 1. The van der Waals surface area contributed by atoms with Crippen molar-refractivity contribution in [3.05, 3.63) is 23.2 Å². The van der Waals surface area contributed by atoms with Gasteiger partial charge in [-0.2, -0.15) is 0 Å². The molecule has 0 saturated carbocycles. The molecular weight excluding hydrogens is 292 g/mol. The first-order valence-electron chi connectivity index (χ1n) is 8.96. The van der Waals surface area contributed by atoms with Crippen LogP contribution in [0.5, 0.6) is 0 Å². The van der Waals surface area contributed by atoms with Gasteiger partial charge in [-0.1, -0.05) is 0 Å². The summed E-state index contributed by atoms with van der Waals surface area (Å²) in [6, 6.07) is 3.22. The number of aryl methyl sites for hydroxylation is 2. The summed E-state index contributed by atoms with van der Waals surface area (Å²) >= 11 is 0. The van der Waals surface area contributed by atoms with Gasteiger partial charge in [0.1, 0.15) is 11.5 Å². The fourth-order valence-corrected chi connectivity index (χ4v) is 4.37. The summed E-state index contributed by atoms with van der Waals surface area (Å²) in [5.74, 6) is 2.13. The minimum absolute atomic E-state index is 0.346. The third kappa shape index (κ3) is 3.07. The van der Waals surface area contributed by atoms with E-state index in [1.54, 1.807) is 0 Å². The second-order valence-electron chi connectivity index (χ2n) is 7.14. The van der Waals surface area contributed by atoms with Gasteiger partial charge in [0.2, 0.25) is 0 Å². The molecule has 128 valence electrons. The lowest BCUT2D eigenvalue weighted by molar-refractivity contribution is -0.0595. The van der Waals surface area contributed by atoms with Crippen LogP contribution in [0.2, 0.25) is 0 Å². The molecule has 4 heterocycles. The lowest BCUT2D eigenvalue weighted by Crippen LogP contribution is -2.51. The largest absolute Gasteiger partial charge is 0.465 e. The number of rotatable bonds is 3. The van der Waals surface area contributed by atoms with Gasteiger partial charge in [-0.3, -0.25) is 9.80 Å². The number of hydrogen-bond acceptors (Lipinski definition) is 5. The van der Waals surface area contributed by atoms with Crippen LogP contribution in [0.4, 0.5) is 0 Å². The van der Waals surface area contributed by atoms with Gasteiger partial charge in [0.05, 0.1) is 31.9 Å². The average molecular weight is 320 g/mol. The first kappa shape index (κ1) is 15.6. The Morgan fingerprint density at radius 3 is 2.70 bits per heavy atom. The highest BCUT2D eigenvalue weighted by Crippen LogP contribution is 2.33. The smallest absolute Gasteiger partial charge is 0.118 e. The van der Waals surface area contributed by atoms with Gasteiger partial charge < -0.3 is 13.9 Å². The van der Waals surface area contributed by atoms with E-state index in [0.717, 1.165) is 57.5 Å². The molecule has 0 N–H and O–H groups in total. The molecule has 0 spiro atoms. The van der Waals surface area contributed by atoms with Gasteiger partial charge in [0.15, 0.2) is 0 Å². The van der Waals surface area contributed by atoms with Crippen LogP contribution < -0.4 is 0 Å². The van der Waals surface area contributed by atoms with Crippen molar-refractivity contribution in [2.24, 2.45) is 0 Å². The van der Waals surface area contributed by atoms with Crippen molar-refractivity contribution in [3.63, 3.8) is 0 Å². The molecule has 23 heavy (non-hydrogen) atoms. The van der Waals surface area contributed by atoms with Crippen LogP contribution in [0.15, 0.2) is 10.5 Å². The SMILES string of the molecule is Cc1cc(CN2C[C@H](N3CCOCC3)[C@@H]3OCCC[C@@H]32)oc1C. The van der Waals surface area contributed by atoms with Gasteiger partial charge in [-0.15, -0.1) is 0 Å². The highest BCUT2D eigenvalue weighted by molar-refractivity contribution is 5.19. The van der Waals surface area contributed by atoms with E-state index in [2.05, 4.69) is 22.8 Å². The number of furan rings is 1. The van der Waals surface area contributed by atoms with Gasteiger partial charge in [0, 0.05) is 32.3 Å². The Balaban J connectivity index is 1.50. The maximum absolute atomic E-state index is 6.21. The second-order valence-corrected chi connectivity index (χ2v) is 7.14. The van der Waals surface area contributed by atoms with E-state index >= 15 is 0 Å². The molecule has 0 amide bonds. The molecule has 0 aromatic carbocycles. The summed E-state index contributed by atoms with van der Waals surface area (Å²) in [4.78, 5) is 5.16. The zero-order valence-electron chi connectivity index (χ0n) is 14.3. The zero-order chi connectivity index (χ0) is 15.8. The van der Waals surface area contributed by atoms with Crippen molar-refractivity contribution in [1.82, 2.24) is 9.80 Å². The molecule has 1 aromatic heterocycles. The number of morpholine rings is 1. The summed E-state index contributed by atoms with van der Waals surface area (Å²) in [6.45, 7) is 10.8. The molecule has 3 atom stereocenters. The fourth-order valence-electron chi connectivity index (χ4n) is 4.37. The van der Waals surface area contributed by atoms with Crippen LogP contribution in [-0.4, -0.2) is 67.4 Å². The molecule has 3 aliphatic heterocycles. The quantitative estimate of drug-likeness (QED) is 0.851. The average Bonchev–Trinajstić information content (AvgIpc) is 3.09. The fraction of sp³-hybridized carbons (Fsp3) is 0.778. The van der Waals surface area contributed by atoms with Crippen LogP contribution in [0.3, 0.4) is 0 Å². The molecule has 0 radical (unpaired) electrons. The molecule has 5 nitrogen and oxygen atoms in total. The number of ether oxygens (including phenoxy) is 2. The van der Waals surface area contributed by atoms with Crippen molar-refractivity contribution in [1.29, 1.82) is 0 Å². The summed E-state index contributed by atoms with van der Waals surface area (Å²) < 4.78 is 17.7. The Bertz CT molecular complexity index is 519. The third-order valence-corrected chi connectivity index (χ3v) is 5.69. The molecule has 0 aliphatic carbocycles. The molecule has 0 unspecified atom stereocenters. The highest BCUT2D eigenvalue weighted by atomic mass is 16.5. The summed E-state index contributed by atoms with van der Waals surface area (Å²) in [5, 5.41) is 0. The van der Waals surface area contributed by atoms with E-state index in [0.29, 0.717) is 18.2 Å². The summed E-state index contributed by atoms with van der Waals surface area (Å²) in [6.07, 6.45) is 2.76. The van der Waals surface area contributed by atoms with Crippen LogP contribution in [0.1, 0.15) is 29.9 Å². The number of fused-ring (bicyclic) bond motifs is 1. The molecule has 5 heteroatoms. The first-order valence-corrected chi connectivity index (χ1v) is 8.96. The lowest BCUT2D eigenvalue weighted by atomic mass is 10.00. The molecule has 3 aliphatic rings. The summed E-state index contributed by atoms with van der Waals surface area (Å²) in [5.41, 5.74) is 1.25. The molecule has 4 rings (SSSR count). The normalized spacial score (nSPS) is 33.0. The predicted octanol–water partition coefficient (Wildman–Crippen LogP) is 1.96. The Labute approximate surface area is 138 Å². The van der Waals surface area contributed by atoms with E-state index in [4.69, 9.17) is 13.9 Å². The predicted molar refractivity (Wildman–Crippen MR) is 87.5 cm³/mol. The van der Waals surface area contributed by atoms with Crippen LogP contribution >= 0.6 is 0 Å². The molecule has 1 aromatic rings. The first-order chi connectivity index (χ1) is 11.2.